The Morgan fingerprint density at radius 2 is 2.25 bits per heavy atom. The summed E-state index contributed by atoms with van der Waals surface area (Å²) in [4.78, 5) is 25.1. The third-order valence-electron chi connectivity index (χ3n) is 1.78. The highest BCUT2D eigenvalue weighted by molar-refractivity contribution is 5.98. The zero-order chi connectivity index (χ0) is 12.3. The molecule has 0 aliphatic heterocycles. The zero-order valence-corrected chi connectivity index (χ0v) is 8.93. The average molecular weight is 224 g/mol. The number of nitrogens with two attached hydrogens (primary N) is 1. The fourth-order valence-electron chi connectivity index (χ4n) is 1.09. The second kappa shape index (κ2) is 4.56. The fraction of sp³-hybridized carbons (Fsp3) is 0.333. The molecule has 3 N–H and O–H groups in total. The lowest BCUT2D eigenvalue weighted by molar-refractivity contribution is -0.385. The Bertz CT molecular complexity index is 431. The van der Waals surface area contributed by atoms with E-state index in [1.165, 1.54) is 0 Å². The predicted molar refractivity (Wildman–Crippen MR) is 57.9 cm³/mol. The quantitative estimate of drug-likeness (QED) is 0.580. The van der Waals surface area contributed by atoms with Gasteiger partial charge in [-0.15, -0.1) is 0 Å². The van der Waals surface area contributed by atoms with Gasteiger partial charge in [0.25, 0.3) is 11.6 Å². The van der Waals surface area contributed by atoms with Crippen LogP contribution in [0.1, 0.15) is 24.2 Å². The maximum Gasteiger partial charge on any atom is 0.288 e. The maximum absolute atomic E-state index is 11.6. The molecule has 0 saturated heterocycles. The van der Waals surface area contributed by atoms with Crippen LogP contribution in [0.2, 0.25) is 0 Å². The molecule has 1 rings (SSSR count). The molecule has 0 aliphatic carbocycles. The van der Waals surface area contributed by atoms with Crippen LogP contribution in [0.25, 0.3) is 0 Å². The molecule has 86 valence electrons. The number of hydrogen-bond donors (Lipinski definition) is 2. The lowest BCUT2D eigenvalue weighted by atomic mass is 10.2. The molecule has 0 saturated carbocycles. The van der Waals surface area contributed by atoms with Crippen LogP contribution in [0.5, 0.6) is 0 Å². The van der Waals surface area contributed by atoms with Crippen molar-refractivity contribution in [3.8, 4) is 0 Å². The van der Waals surface area contributed by atoms with Gasteiger partial charge in [-0.1, -0.05) is 0 Å². The van der Waals surface area contributed by atoms with Crippen LogP contribution < -0.4 is 11.1 Å². The third-order valence-corrected chi connectivity index (χ3v) is 1.78. The minimum Gasteiger partial charge on any atom is -0.383 e. The van der Waals surface area contributed by atoms with Gasteiger partial charge < -0.3 is 11.1 Å². The van der Waals surface area contributed by atoms with Gasteiger partial charge in [0.2, 0.25) is 0 Å². The van der Waals surface area contributed by atoms with Gasteiger partial charge in [0, 0.05) is 12.1 Å². The van der Waals surface area contributed by atoms with E-state index in [0.717, 1.165) is 12.3 Å². The summed E-state index contributed by atoms with van der Waals surface area (Å²) in [6, 6.07) is 1.03. The van der Waals surface area contributed by atoms with Crippen molar-refractivity contribution < 1.29 is 9.72 Å². The smallest absolute Gasteiger partial charge is 0.288 e. The van der Waals surface area contributed by atoms with Gasteiger partial charge >= 0.3 is 0 Å². The Kier molecular flexibility index (Phi) is 3.39. The number of aromatic nitrogens is 1. The number of hydrogen-bond acceptors (Lipinski definition) is 5. The highest BCUT2D eigenvalue weighted by Crippen LogP contribution is 2.16. The van der Waals surface area contributed by atoms with Gasteiger partial charge in [0.05, 0.1) is 10.5 Å². The molecule has 7 heteroatoms. The summed E-state index contributed by atoms with van der Waals surface area (Å²) in [6.07, 6.45) is 1.02. The number of nitrogen functional groups attached to an aromatic ring is 1. The summed E-state index contributed by atoms with van der Waals surface area (Å²) in [6.45, 7) is 3.55. The van der Waals surface area contributed by atoms with Crippen LogP contribution in [-0.4, -0.2) is 21.9 Å². The van der Waals surface area contributed by atoms with Crippen LogP contribution in [-0.2, 0) is 0 Å². The lowest BCUT2D eigenvalue weighted by Crippen LogP contribution is -2.30. The summed E-state index contributed by atoms with van der Waals surface area (Å²) in [5, 5.41) is 13.1. The largest absolute Gasteiger partial charge is 0.383 e. The van der Waals surface area contributed by atoms with Crippen molar-refractivity contribution in [3.63, 3.8) is 0 Å². The van der Waals surface area contributed by atoms with E-state index < -0.39 is 10.8 Å². The SMILES string of the molecule is CC(C)NC(=O)c1cc([N+](=O)[O-])cnc1N. The normalized spacial score (nSPS) is 10.2. The van der Waals surface area contributed by atoms with Crippen LogP contribution in [0.15, 0.2) is 12.3 Å². The lowest BCUT2D eigenvalue weighted by Gasteiger charge is -2.09. The van der Waals surface area contributed by atoms with Crippen LogP contribution in [0, 0.1) is 10.1 Å². The second-order valence-electron chi connectivity index (χ2n) is 3.51. The highest BCUT2D eigenvalue weighted by Gasteiger charge is 2.16. The maximum atomic E-state index is 11.6. The second-order valence-corrected chi connectivity index (χ2v) is 3.51. The summed E-state index contributed by atoms with van der Waals surface area (Å²) in [5.74, 6) is -0.493. The van der Waals surface area contributed by atoms with Gasteiger partial charge in [-0.3, -0.25) is 14.9 Å². The molecule has 1 amide bonds. The zero-order valence-electron chi connectivity index (χ0n) is 8.93. The summed E-state index contributed by atoms with van der Waals surface area (Å²) in [7, 11) is 0. The minimum absolute atomic E-state index is 0.0166. The first kappa shape index (κ1) is 11.9. The molecule has 0 aliphatic rings. The third kappa shape index (κ3) is 2.66. The molecule has 0 aromatic carbocycles. The number of nitrogens with one attached hydrogen (secondary N) is 1. The monoisotopic (exact) mass is 224 g/mol. The van der Waals surface area contributed by atoms with E-state index in [9.17, 15) is 14.9 Å². The predicted octanol–water partition coefficient (Wildman–Crippen LogP) is 0.710. The van der Waals surface area contributed by atoms with E-state index in [2.05, 4.69) is 10.3 Å². The average Bonchev–Trinajstić information content (AvgIpc) is 2.16. The fourth-order valence-corrected chi connectivity index (χ4v) is 1.09. The minimum atomic E-state index is -0.626. The molecular weight excluding hydrogens is 212 g/mol. The molecule has 0 unspecified atom stereocenters. The van der Waals surface area contributed by atoms with Gasteiger partial charge in [0.1, 0.15) is 12.0 Å². The van der Waals surface area contributed by atoms with Crippen LogP contribution >= 0.6 is 0 Å². The van der Waals surface area contributed by atoms with Gasteiger partial charge in [0.15, 0.2) is 0 Å². The van der Waals surface area contributed by atoms with Crippen molar-refractivity contribution in [3.05, 3.63) is 27.9 Å². The van der Waals surface area contributed by atoms with Crippen molar-refractivity contribution in [1.82, 2.24) is 10.3 Å². The summed E-state index contributed by atoms with van der Waals surface area (Å²) in [5.41, 5.74) is 5.23. The first-order valence-corrected chi connectivity index (χ1v) is 4.62. The molecule has 7 nitrogen and oxygen atoms in total. The standard InChI is InChI=1S/C9H12N4O3/c1-5(2)12-9(14)7-3-6(13(15)16)4-11-8(7)10/h3-5H,1-2H3,(H2,10,11)(H,12,14). The number of nitrogens with zero attached hydrogens (tertiary/aromatic N) is 2. The van der Waals surface area contributed by atoms with Gasteiger partial charge in [-0.25, -0.2) is 4.98 Å². The van der Waals surface area contributed by atoms with Gasteiger partial charge in [-0.2, -0.15) is 0 Å². The number of rotatable bonds is 3. The summed E-state index contributed by atoms with van der Waals surface area (Å²) < 4.78 is 0. The molecule has 0 bridgehead atoms. The van der Waals surface area contributed by atoms with Crippen molar-refractivity contribution >= 4 is 17.4 Å². The van der Waals surface area contributed by atoms with Crippen molar-refractivity contribution in [2.24, 2.45) is 0 Å². The molecular formula is C9H12N4O3. The Balaban J connectivity index is 3.07. The molecule has 0 radical (unpaired) electrons. The van der Waals surface area contributed by atoms with Crippen LogP contribution in [0.3, 0.4) is 0 Å². The molecule has 0 atom stereocenters. The van der Waals surface area contributed by atoms with Crippen molar-refractivity contribution in [1.29, 1.82) is 0 Å². The number of carbonyl (C=O) groups is 1. The van der Waals surface area contributed by atoms with Crippen molar-refractivity contribution in [2.45, 2.75) is 19.9 Å². The Morgan fingerprint density at radius 3 is 2.75 bits per heavy atom. The van der Waals surface area contributed by atoms with Crippen LogP contribution in [0.4, 0.5) is 11.5 Å². The first-order valence-electron chi connectivity index (χ1n) is 4.62. The molecule has 1 aromatic heterocycles. The Hall–Kier alpha value is -2.18. The number of nitro groups is 1. The topological polar surface area (TPSA) is 111 Å². The number of amides is 1. The van der Waals surface area contributed by atoms with Crippen molar-refractivity contribution in [2.75, 3.05) is 5.73 Å². The first-order chi connectivity index (χ1) is 7.41. The van der Waals surface area contributed by atoms with E-state index in [0.29, 0.717) is 0 Å². The molecule has 1 heterocycles. The Morgan fingerprint density at radius 1 is 1.62 bits per heavy atom. The van der Waals surface area contributed by atoms with E-state index in [-0.39, 0.29) is 23.1 Å². The van der Waals surface area contributed by atoms with Gasteiger partial charge in [-0.05, 0) is 13.8 Å². The van der Waals surface area contributed by atoms with E-state index in [1.807, 2.05) is 0 Å². The Labute approximate surface area is 91.8 Å². The number of pyridine rings is 1. The highest BCUT2D eigenvalue weighted by atomic mass is 16.6. The van der Waals surface area contributed by atoms with E-state index in [4.69, 9.17) is 5.73 Å². The summed E-state index contributed by atoms with van der Waals surface area (Å²) >= 11 is 0. The van der Waals surface area contributed by atoms with E-state index >= 15 is 0 Å². The van der Waals surface area contributed by atoms with E-state index in [1.54, 1.807) is 13.8 Å². The molecule has 0 fully saturated rings. The molecule has 0 spiro atoms. The molecule has 16 heavy (non-hydrogen) atoms. The number of carbonyl (C=O) groups excluding carboxylic acids is 1. The number of anilines is 1. The molecule has 1 aromatic rings.